The molecule has 68 heavy (non-hydrogen) atoms. The first-order chi connectivity index (χ1) is 32.5. The smallest absolute Gasteiger partial charge is 0.256 e. The zero-order valence-electron chi connectivity index (χ0n) is 39.3. The first kappa shape index (κ1) is 45.9. The Kier molecular flexibility index (Phi) is 11.9. The lowest BCUT2D eigenvalue weighted by Gasteiger charge is -2.63. The fourth-order valence-corrected chi connectivity index (χ4v) is 13.0. The molecule has 17 heteroatoms. The molecule has 1 N–H and O–H groups in total. The van der Waals surface area contributed by atoms with E-state index in [4.69, 9.17) is 42.1 Å². The molecular formula is C51H54Cl2N10O4S. The van der Waals surface area contributed by atoms with Gasteiger partial charge in [-0.25, -0.2) is 15.0 Å². The Morgan fingerprint density at radius 1 is 0.956 bits per heavy atom. The maximum atomic E-state index is 13.7. The Morgan fingerprint density at radius 2 is 1.68 bits per heavy atom. The Hall–Kier alpha value is -5.82. The van der Waals surface area contributed by atoms with Crippen molar-refractivity contribution in [3.8, 4) is 22.6 Å². The van der Waals surface area contributed by atoms with Crippen molar-refractivity contribution in [3.63, 3.8) is 0 Å². The molecule has 6 aromatic rings. The van der Waals surface area contributed by atoms with Gasteiger partial charge in [-0.05, 0) is 107 Å². The van der Waals surface area contributed by atoms with Crippen LogP contribution in [0.1, 0.15) is 127 Å². The molecule has 0 bridgehead atoms. The molecule has 2 aliphatic carbocycles. The molecule has 0 radical (unpaired) electrons. The van der Waals surface area contributed by atoms with Crippen LogP contribution in [0.15, 0.2) is 70.5 Å². The lowest BCUT2D eigenvalue weighted by Crippen LogP contribution is -2.74. The second kappa shape index (κ2) is 17.6. The number of nitrogens with zero attached hydrogens (tertiary/aromatic N) is 9. The second-order valence-electron chi connectivity index (χ2n) is 20.0. The third kappa shape index (κ3) is 8.21. The standard InChI is InChI=1S/C51H54Cl2N10O4S/c1-28-29(2)68-45-40(28)41(57-38(25-39-55-20-23-65-39)43-61-60-30(3)63(43)45)31-8-11-33(12-9-31)66-34-14-16-51(17-15-34)18-21-62(22-19-51)48-56-27-36(42(53)58-48)44(64)59-46-49(4,5)47(50(46,6)7)67-35-13-10-32(26-54)37(52)24-35/h8-13,20,23-24,27,34,38,46-47H,14-19,21-22,25H2,1-7H3,(H,59,64)/t38-,46?,47?/m0/s1. The van der Waals surface area contributed by atoms with Gasteiger partial charge in [-0.15, -0.1) is 21.5 Å². The zero-order chi connectivity index (χ0) is 47.7. The number of aryl methyl sites for hydroxylation is 2. The third-order valence-corrected chi connectivity index (χ3v) is 16.8. The number of halogens is 2. The molecule has 1 atom stereocenters. The number of oxazole rings is 1. The fraction of sp³-hybridized carbons (Fsp3) is 0.451. The number of aromatic nitrogens is 6. The highest BCUT2D eigenvalue weighted by atomic mass is 35.5. The summed E-state index contributed by atoms with van der Waals surface area (Å²) in [5.74, 6) is 3.85. The molecule has 1 saturated heterocycles. The van der Waals surface area contributed by atoms with Crippen LogP contribution in [0, 0.1) is 48.3 Å². The van der Waals surface area contributed by atoms with Crippen LogP contribution in [-0.2, 0) is 6.42 Å². The van der Waals surface area contributed by atoms with Crippen LogP contribution >= 0.6 is 34.5 Å². The number of benzene rings is 2. The van der Waals surface area contributed by atoms with E-state index in [0.717, 1.165) is 90.9 Å². The van der Waals surface area contributed by atoms with Gasteiger partial charge in [-0.1, -0.05) is 50.9 Å². The molecule has 14 nitrogen and oxygen atoms in total. The first-order valence-electron chi connectivity index (χ1n) is 23.3. The maximum absolute atomic E-state index is 13.7. The number of rotatable bonds is 10. The average molecular weight is 974 g/mol. The van der Waals surface area contributed by atoms with Crippen LogP contribution in [0.2, 0.25) is 10.2 Å². The van der Waals surface area contributed by atoms with Gasteiger partial charge in [-0.2, -0.15) is 5.26 Å². The maximum Gasteiger partial charge on any atom is 0.256 e. The molecule has 4 aliphatic rings. The van der Waals surface area contributed by atoms with E-state index in [2.05, 4.69) is 112 Å². The number of amides is 1. The van der Waals surface area contributed by atoms with E-state index in [1.807, 2.05) is 6.92 Å². The van der Waals surface area contributed by atoms with E-state index in [-0.39, 0.29) is 46.3 Å². The zero-order valence-corrected chi connectivity index (χ0v) is 41.6. The highest BCUT2D eigenvalue weighted by Crippen LogP contribution is 2.56. The van der Waals surface area contributed by atoms with Crippen LogP contribution in [0.3, 0.4) is 0 Å². The molecule has 3 fully saturated rings. The number of carbonyl (C=O) groups excluding carboxylic acids is 1. The van der Waals surface area contributed by atoms with E-state index in [1.165, 1.54) is 10.4 Å². The number of hydrogen-bond acceptors (Lipinski definition) is 13. The summed E-state index contributed by atoms with van der Waals surface area (Å²) in [6, 6.07) is 15.0. The van der Waals surface area contributed by atoms with Gasteiger partial charge in [-0.3, -0.25) is 14.4 Å². The molecular weight excluding hydrogens is 920 g/mol. The summed E-state index contributed by atoms with van der Waals surface area (Å²) in [5.41, 5.74) is 4.25. The molecule has 6 heterocycles. The van der Waals surface area contributed by atoms with Gasteiger partial charge < -0.3 is 24.1 Å². The van der Waals surface area contributed by atoms with Gasteiger partial charge in [0, 0.05) is 58.2 Å². The van der Waals surface area contributed by atoms with E-state index >= 15 is 0 Å². The van der Waals surface area contributed by atoms with Crippen LogP contribution in [-0.4, -0.2) is 72.7 Å². The minimum atomic E-state index is -0.428. The molecule has 1 spiro atoms. The van der Waals surface area contributed by atoms with Crippen molar-refractivity contribution in [2.24, 2.45) is 21.2 Å². The number of aliphatic imine (C=N–C) groups is 1. The fourth-order valence-electron chi connectivity index (χ4n) is 11.4. The molecule has 2 saturated carbocycles. The summed E-state index contributed by atoms with van der Waals surface area (Å²) in [6.45, 7) is 16.2. The van der Waals surface area contributed by atoms with Crippen molar-refractivity contribution in [1.29, 1.82) is 5.26 Å². The normalized spacial score (nSPS) is 21.4. The van der Waals surface area contributed by atoms with Crippen molar-refractivity contribution in [2.75, 3.05) is 18.0 Å². The van der Waals surface area contributed by atoms with Gasteiger partial charge in [0.1, 0.15) is 52.0 Å². The van der Waals surface area contributed by atoms with Crippen molar-refractivity contribution < 1.29 is 18.7 Å². The number of carbonyl (C=O) groups is 1. The van der Waals surface area contributed by atoms with Crippen molar-refractivity contribution in [1.82, 2.24) is 35.0 Å². The lowest BCUT2D eigenvalue weighted by molar-refractivity contribution is -0.164. The Labute approximate surface area is 410 Å². The summed E-state index contributed by atoms with van der Waals surface area (Å²) in [5, 5.41) is 23.1. The monoisotopic (exact) mass is 972 g/mol. The van der Waals surface area contributed by atoms with Crippen LogP contribution in [0.4, 0.5) is 5.95 Å². The van der Waals surface area contributed by atoms with Gasteiger partial charge in [0.25, 0.3) is 5.91 Å². The largest absolute Gasteiger partial charge is 0.490 e. The lowest BCUT2D eigenvalue weighted by atomic mass is 9.49. The molecule has 1 amide bonds. The SMILES string of the molecule is Cc1sc2c(c1C)C(c1ccc(OC3CCC4(CC3)CCN(c3ncc(C(=O)NC5C(C)(C)C(Oc6ccc(C#N)c(Cl)c6)C5(C)C)c(Cl)n3)CC4)cc1)=N[C@@H](Cc1ncco1)c1nnc(C)n1-2. The Morgan fingerprint density at radius 3 is 2.34 bits per heavy atom. The van der Waals surface area contributed by atoms with Crippen LogP contribution in [0.25, 0.3) is 5.00 Å². The average Bonchev–Trinajstić information content (AvgIpc) is 4.03. The van der Waals surface area contributed by atoms with Crippen LogP contribution in [0.5, 0.6) is 11.5 Å². The molecule has 4 aromatic heterocycles. The third-order valence-electron chi connectivity index (χ3n) is 15.0. The topological polar surface area (TPSA) is 169 Å². The molecule has 10 rings (SSSR count). The highest BCUT2D eigenvalue weighted by molar-refractivity contribution is 7.15. The van der Waals surface area contributed by atoms with Gasteiger partial charge >= 0.3 is 0 Å². The quantitative estimate of drug-likeness (QED) is 0.130. The van der Waals surface area contributed by atoms with Crippen LogP contribution < -0.4 is 19.7 Å². The molecule has 2 aliphatic heterocycles. The molecule has 352 valence electrons. The van der Waals surface area contributed by atoms with Crippen molar-refractivity contribution >= 4 is 52.1 Å². The van der Waals surface area contributed by atoms with E-state index in [1.54, 1.807) is 48.2 Å². The summed E-state index contributed by atoms with van der Waals surface area (Å²) >= 11 is 14.8. The van der Waals surface area contributed by atoms with Gasteiger partial charge in [0.05, 0.1) is 40.6 Å². The number of nitriles is 1. The number of anilines is 1. The number of thiophene rings is 1. The Bertz CT molecular complexity index is 2940. The van der Waals surface area contributed by atoms with Crippen molar-refractivity contribution in [2.45, 2.75) is 118 Å². The van der Waals surface area contributed by atoms with E-state index in [0.29, 0.717) is 34.6 Å². The number of ether oxygens (including phenoxy) is 2. The predicted octanol–water partition coefficient (Wildman–Crippen LogP) is 10.6. The number of piperidine rings is 1. The minimum Gasteiger partial charge on any atom is -0.490 e. The highest BCUT2D eigenvalue weighted by Gasteiger charge is 2.64. The van der Waals surface area contributed by atoms with Gasteiger partial charge in [0.2, 0.25) is 5.95 Å². The summed E-state index contributed by atoms with van der Waals surface area (Å²) < 4.78 is 20.9. The Balaban J connectivity index is 0.741. The van der Waals surface area contributed by atoms with Crippen molar-refractivity contribution in [3.05, 3.63) is 122 Å². The second-order valence-corrected chi connectivity index (χ2v) is 22.0. The number of hydrogen-bond donors (Lipinski definition) is 1. The number of fused-ring (bicyclic) bond motifs is 3. The first-order valence-corrected chi connectivity index (χ1v) is 24.8. The summed E-state index contributed by atoms with van der Waals surface area (Å²) in [7, 11) is 0. The number of nitrogens with one attached hydrogen (secondary N) is 1. The molecule has 0 unspecified atom stereocenters. The van der Waals surface area contributed by atoms with E-state index in [9.17, 15) is 10.1 Å². The molecule has 2 aromatic carbocycles. The van der Waals surface area contributed by atoms with E-state index < -0.39 is 10.8 Å². The summed E-state index contributed by atoms with van der Waals surface area (Å²) in [6.07, 6.45) is 11.4. The summed E-state index contributed by atoms with van der Waals surface area (Å²) in [4.78, 5) is 36.2. The minimum absolute atomic E-state index is 0.129. The predicted molar refractivity (Wildman–Crippen MR) is 262 cm³/mol. The van der Waals surface area contributed by atoms with Gasteiger partial charge in [0.15, 0.2) is 11.7 Å².